The summed E-state index contributed by atoms with van der Waals surface area (Å²) in [5.74, 6) is 0.819. The zero-order valence-corrected chi connectivity index (χ0v) is 9.64. The van der Waals surface area contributed by atoms with Gasteiger partial charge in [-0.25, -0.2) is 4.98 Å². The van der Waals surface area contributed by atoms with Gasteiger partial charge in [0, 0.05) is 18.8 Å². The number of hydrogen-bond donors (Lipinski definition) is 2. The van der Waals surface area contributed by atoms with Gasteiger partial charge in [-0.1, -0.05) is 18.5 Å². The SMILES string of the molecule is CCNCc1cnc(NC2CC2)c(Cl)c1. The van der Waals surface area contributed by atoms with Crippen LogP contribution in [0.5, 0.6) is 0 Å². The molecule has 1 fully saturated rings. The van der Waals surface area contributed by atoms with Crippen molar-refractivity contribution in [3.8, 4) is 0 Å². The zero-order chi connectivity index (χ0) is 10.7. The molecule has 1 aliphatic carbocycles. The van der Waals surface area contributed by atoms with Crippen molar-refractivity contribution in [1.82, 2.24) is 10.3 Å². The van der Waals surface area contributed by atoms with Crippen LogP contribution in [-0.2, 0) is 6.54 Å². The third-order valence-corrected chi connectivity index (χ3v) is 2.68. The first-order chi connectivity index (χ1) is 7.29. The second-order valence-corrected chi connectivity index (χ2v) is 4.28. The molecule has 1 aromatic heterocycles. The first-order valence-electron chi connectivity index (χ1n) is 5.41. The van der Waals surface area contributed by atoms with E-state index in [1.54, 1.807) is 0 Å². The fourth-order valence-electron chi connectivity index (χ4n) is 1.37. The minimum absolute atomic E-state index is 0.592. The number of nitrogens with one attached hydrogen (secondary N) is 2. The molecule has 0 radical (unpaired) electrons. The molecule has 0 aromatic carbocycles. The Balaban J connectivity index is 2.00. The number of nitrogens with zero attached hydrogens (tertiary/aromatic N) is 1. The summed E-state index contributed by atoms with van der Waals surface area (Å²) in [5, 5.41) is 7.27. The van der Waals surface area contributed by atoms with E-state index in [0.717, 1.165) is 29.5 Å². The summed E-state index contributed by atoms with van der Waals surface area (Å²) >= 11 is 6.13. The first kappa shape index (κ1) is 10.7. The first-order valence-corrected chi connectivity index (χ1v) is 5.79. The Morgan fingerprint density at radius 1 is 1.53 bits per heavy atom. The summed E-state index contributed by atoms with van der Waals surface area (Å²) in [5.41, 5.74) is 1.13. The lowest BCUT2D eigenvalue weighted by atomic mass is 10.3. The second-order valence-electron chi connectivity index (χ2n) is 3.87. The molecule has 1 aromatic rings. The average molecular weight is 226 g/mol. The summed E-state index contributed by atoms with van der Waals surface area (Å²) < 4.78 is 0. The van der Waals surface area contributed by atoms with E-state index in [-0.39, 0.29) is 0 Å². The lowest BCUT2D eigenvalue weighted by molar-refractivity contribution is 0.724. The Labute approximate surface area is 95.2 Å². The zero-order valence-electron chi connectivity index (χ0n) is 8.89. The van der Waals surface area contributed by atoms with E-state index in [9.17, 15) is 0 Å². The standard InChI is InChI=1S/C11H16ClN3/c1-2-13-6-8-5-10(12)11(14-7-8)15-9-3-4-9/h5,7,9,13H,2-4,6H2,1H3,(H,14,15). The lowest BCUT2D eigenvalue weighted by Crippen LogP contribution is -2.12. The molecule has 82 valence electrons. The summed E-state index contributed by atoms with van der Waals surface area (Å²) in [4.78, 5) is 4.33. The molecule has 1 aliphatic rings. The van der Waals surface area contributed by atoms with Crippen LogP contribution in [-0.4, -0.2) is 17.6 Å². The van der Waals surface area contributed by atoms with Crippen molar-refractivity contribution in [2.75, 3.05) is 11.9 Å². The fourth-order valence-corrected chi connectivity index (χ4v) is 1.61. The molecule has 4 heteroatoms. The van der Waals surface area contributed by atoms with Gasteiger partial charge in [-0.05, 0) is 31.0 Å². The second kappa shape index (κ2) is 4.81. The molecule has 1 heterocycles. The molecule has 2 rings (SSSR count). The van der Waals surface area contributed by atoms with Gasteiger partial charge in [-0.3, -0.25) is 0 Å². The Bertz CT molecular complexity index is 337. The highest BCUT2D eigenvalue weighted by molar-refractivity contribution is 6.32. The molecule has 0 bridgehead atoms. The predicted molar refractivity (Wildman–Crippen MR) is 63.3 cm³/mol. The summed E-state index contributed by atoms with van der Waals surface area (Å²) in [7, 11) is 0. The predicted octanol–water partition coefficient (Wildman–Crippen LogP) is 2.42. The minimum atomic E-state index is 0.592. The quantitative estimate of drug-likeness (QED) is 0.808. The highest BCUT2D eigenvalue weighted by atomic mass is 35.5. The number of halogens is 1. The van der Waals surface area contributed by atoms with Gasteiger partial charge in [0.25, 0.3) is 0 Å². The monoisotopic (exact) mass is 225 g/mol. The van der Waals surface area contributed by atoms with Gasteiger partial charge < -0.3 is 10.6 Å². The number of anilines is 1. The highest BCUT2D eigenvalue weighted by Crippen LogP contribution is 2.28. The largest absolute Gasteiger partial charge is 0.366 e. The maximum atomic E-state index is 6.13. The fraction of sp³-hybridized carbons (Fsp3) is 0.545. The molecule has 0 amide bonds. The molecular formula is C11H16ClN3. The van der Waals surface area contributed by atoms with Crippen LogP contribution in [0, 0.1) is 0 Å². The molecular weight excluding hydrogens is 210 g/mol. The van der Waals surface area contributed by atoms with Crippen LogP contribution in [0.2, 0.25) is 5.02 Å². The minimum Gasteiger partial charge on any atom is -0.366 e. The lowest BCUT2D eigenvalue weighted by Gasteiger charge is -2.08. The summed E-state index contributed by atoms with van der Waals surface area (Å²) in [6.07, 6.45) is 4.34. The van der Waals surface area contributed by atoms with E-state index in [1.807, 2.05) is 12.3 Å². The van der Waals surface area contributed by atoms with Crippen molar-refractivity contribution in [3.63, 3.8) is 0 Å². The molecule has 3 nitrogen and oxygen atoms in total. The van der Waals surface area contributed by atoms with E-state index in [0.29, 0.717) is 6.04 Å². The van der Waals surface area contributed by atoms with E-state index in [4.69, 9.17) is 11.6 Å². The summed E-state index contributed by atoms with van der Waals surface area (Å²) in [6.45, 7) is 3.87. The van der Waals surface area contributed by atoms with Crippen molar-refractivity contribution >= 4 is 17.4 Å². The third kappa shape index (κ3) is 3.08. The van der Waals surface area contributed by atoms with Crippen molar-refractivity contribution in [1.29, 1.82) is 0 Å². The topological polar surface area (TPSA) is 37.0 Å². The molecule has 1 saturated carbocycles. The van der Waals surface area contributed by atoms with Gasteiger partial charge in [0.15, 0.2) is 0 Å². The van der Waals surface area contributed by atoms with Crippen LogP contribution < -0.4 is 10.6 Å². The van der Waals surface area contributed by atoms with Gasteiger partial charge in [0.1, 0.15) is 5.82 Å². The molecule has 0 spiro atoms. The molecule has 0 aliphatic heterocycles. The van der Waals surface area contributed by atoms with Gasteiger partial charge in [0.2, 0.25) is 0 Å². The molecule has 0 saturated heterocycles. The molecule has 0 atom stereocenters. The molecule has 0 unspecified atom stereocenters. The van der Waals surface area contributed by atoms with Gasteiger partial charge >= 0.3 is 0 Å². The van der Waals surface area contributed by atoms with Gasteiger partial charge in [-0.2, -0.15) is 0 Å². The van der Waals surface area contributed by atoms with E-state index in [2.05, 4.69) is 22.5 Å². The number of aromatic nitrogens is 1. The maximum absolute atomic E-state index is 6.13. The van der Waals surface area contributed by atoms with Gasteiger partial charge in [0.05, 0.1) is 5.02 Å². The molecule has 2 N–H and O–H groups in total. The van der Waals surface area contributed by atoms with E-state index < -0.39 is 0 Å². The van der Waals surface area contributed by atoms with Crippen LogP contribution in [0.1, 0.15) is 25.3 Å². The van der Waals surface area contributed by atoms with E-state index in [1.165, 1.54) is 12.8 Å². The molecule has 15 heavy (non-hydrogen) atoms. The highest BCUT2D eigenvalue weighted by Gasteiger charge is 2.22. The van der Waals surface area contributed by atoms with E-state index >= 15 is 0 Å². The number of rotatable bonds is 5. The normalized spacial score (nSPS) is 15.3. The third-order valence-electron chi connectivity index (χ3n) is 2.40. The Hall–Kier alpha value is -0.800. The van der Waals surface area contributed by atoms with Crippen LogP contribution in [0.3, 0.4) is 0 Å². The van der Waals surface area contributed by atoms with Crippen LogP contribution in [0.15, 0.2) is 12.3 Å². The average Bonchev–Trinajstić information content (AvgIpc) is 3.02. The number of hydrogen-bond acceptors (Lipinski definition) is 3. The van der Waals surface area contributed by atoms with Crippen LogP contribution in [0.4, 0.5) is 5.82 Å². The van der Waals surface area contributed by atoms with Crippen molar-refractivity contribution in [2.24, 2.45) is 0 Å². The van der Waals surface area contributed by atoms with Crippen LogP contribution >= 0.6 is 11.6 Å². The Kier molecular flexibility index (Phi) is 3.44. The van der Waals surface area contributed by atoms with Gasteiger partial charge in [-0.15, -0.1) is 0 Å². The number of pyridine rings is 1. The van der Waals surface area contributed by atoms with Crippen molar-refractivity contribution < 1.29 is 0 Å². The smallest absolute Gasteiger partial charge is 0.144 e. The Morgan fingerprint density at radius 2 is 2.33 bits per heavy atom. The van der Waals surface area contributed by atoms with Crippen molar-refractivity contribution in [3.05, 3.63) is 22.8 Å². The maximum Gasteiger partial charge on any atom is 0.144 e. The summed E-state index contributed by atoms with van der Waals surface area (Å²) in [6, 6.07) is 2.57. The Morgan fingerprint density at radius 3 is 2.93 bits per heavy atom. The van der Waals surface area contributed by atoms with Crippen LogP contribution in [0.25, 0.3) is 0 Å². The van der Waals surface area contributed by atoms with Crippen molar-refractivity contribution in [2.45, 2.75) is 32.4 Å².